The molecule has 0 saturated heterocycles. The Bertz CT molecular complexity index is 723. The number of benzene rings is 1. The minimum Gasteiger partial charge on any atom is -0.311 e. The lowest BCUT2D eigenvalue weighted by atomic mass is 10.1. The third kappa shape index (κ3) is 3.94. The fourth-order valence-corrected chi connectivity index (χ4v) is 2.50. The molecule has 3 rings (SSSR count). The molecule has 0 radical (unpaired) electrons. The molecule has 1 aromatic carbocycles. The molecule has 6 heteroatoms. The highest BCUT2D eigenvalue weighted by Gasteiger charge is 2.24. The van der Waals surface area contributed by atoms with Gasteiger partial charge in [-0.1, -0.05) is 0 Å². The summed E-state index contributed by atoms with van der Waals surface area (Å²) in [5.74, 6) is 0.122. The molecule has 0 atom stereocenters. The van der Waals surface area contributed by atoms with Crippen molar-refractivity contribution in [3.63, 3.8) is 0 Å². The molecular weight excluding hydrogens is 300 g/mol. The summed E-state index contributed by atoms with van der Waals surface area (Å²) in [7, 11) is 0. The van der Waals surface area contributed by atoms with Gasteiger partial charge in [0.2, 0.25) is 5.91 Å². The molecule has 2 aromatic rings. The molecule has 1 amide bonds. The fourth-order valence-electron chi connectivity index (χ4n) is 2.50. The molecule has 0 aliphatic heterocycles. The van der Waals surface area contributed by atoms with Crippen molar-refractivity contribution in [1.82, 2.24) is 9.78 Å². The Kier molecular flexibility index (Phi) is 4.41. The van der Waals surface area contributed by atoms with Gasteiger partial charge in [-0.15, -0.1) is 0 Å². The Morgan fingerprint density at radius 3 is 2.91 bits per heavy atom. The maximum Gasteiger partial charge on any atom is 0.225 e. The molecule has 0 unspecified atom stereocenters. The van der Waals surface area contributed by atoms with E-state index in [0.717, 1.165) is 30.3 Å². The first-order valence-corrected chi connectivity index (χ1v) is 7.79. The second-order valence-corrected chi connectivity index (χ2v) is 6.09. The Morgan fingerprint density at radius 1 is 1.39 bits per heavy atom. The number of hydrogen-bond donors (Lipinski definition) is 1. The second-order valence-electron chi connectivity index (χ2n) is 6.09. The maximum atomic E-state index is 13.6. The Labute approximate surface area is 133 Å². The summed E-state index contributed by atoms with van der Waals surface area (Å²) in [6, 6.07) is 3.28. The van der Waals surface area contributed by atoms with Crippen molar-refractivity contribution < 1.29 is 13.6 Å². The van der Waals surface area contributed by atoms with Gasteiger partial charge in [-0.05, 0) is 55.9 Å². The topological polar surface area (TPSA) is 46.9 Å². The van der Waals surface area contributed by atoms with Gasteiger partial charge in [-0.2, -0.15) is 5.10 Å². The van der Waals surface area contributed by atoms with E-state index in [2.05, 4.69) is 10.4 Å². The van der Waals surface area contributed by atoms with E-state index in [4.69, 9.17) is 0 Å². The normalized spacial score (nSPS) is 14.0. The standard InChI is InChI=1S/C17H19F2N3O/c1-11-9-20-22(10-12-2-3-12)17(11)21-16(23)7-4-13-8-14(18)5-6-15(13)19/h5-6,8-9,12H,2-4,7,10H2,1H3,(H,21,23). The number of hydrogen-bond acceptors (Lipinski definition) is 2. The van der Waals surface area contributed by atoms with Gasteiger partial charge >= 0.3 is 0 Å². The van der Waals surface area contributed by atoms with Gasteiger partial charge in [0.25, 0.3) is 0 Å². The van der Waals surface area contributed by atoms with Crippen molar-refractivity contribution in [2.24, 2.45) is 5.92 Å². The fraction of sp³-hybridized carbons (Fsp3) is 0.412. The number of carbonyl (C=O) groups excluding carboxylic acids is 1. The van der Waals surface area contributed by atoms with Gasteiger partial charge in [-0.3, -0.25) is 4.79 Å². The van der Waals surface area contributed by atoms with Gasteiger partial charge in [0.1, 0.15) is 17.5 Å². The predicted molar refractivity (Wildman–Crippen MR) is 83.0 cm³/mol. The number of aromatic nitrogens is 2. The van der Waals surface area contributed by atoms with Crippen LogP contribution in [0.15, 0.2) is 24.4 Å². The highest BCUT2D eigenvalue weighted by Crippen LogP contribution is 2.31. The lowest BCUT2D eigenvalue weighted by Crippen LogP contribution is -2.17. The summed E-state index contributed by atoms with van der Waals surface area (Å²) in [4.78, 5) is 12.1. The van der Waals surface area contributed by atoms with Crippen molar-refractivity contribution in [2.45, 2.75) is 39.2 Å². The Hall–Kier alpha value is -2.24. The summed E-state index contributed by atoms with van der Waals surface area (Å²) >= 11 is 0. The first-order chi connectivity index (χ1) is 11.0. The van der Waals surface area contributed by atoms with E-state index in [0.29, 0.717) is 11.7 Å². The van der Waals surface area contributed by atoms with Crippen LogP contribution in [-0.2, 0) is 17.8 Å². The van der Waals surface area contributed by atoms with Crippen molar-refractivity contribution in [2.75, 3.05) is 5.32 Å². The highest BCUT2D eigenvalue weighted by molar-refractivity contribution is 5.90. The van der Waals surface area contributed by atoms with E-state index in [-0.39, 0.29) is 24.3 Å². The zero-order chi connectivity index (χ0) is 16.4. The molecular formula is C17H19F2N3O. The third-order valence-corrected chi connectivity index (χ3v) is 4.04. The third-order valence-electron chi connectivity index (χ3n) is 4.04. The number of rotatable bonds is 6. The van der Waals surface area contributed by atoms with Crippen LogP contribution in [0, 0.1) is 24.5 Å². The number of amides is 1. The molecule has 0 bridgehead atoms. The van der Waals surface area contributed by atoms with Crippen LogP contribution in [0.4, 0.5) is 14.6 Å². The average Bonchev–Trinajstić information content (AvgIpc) is 3.27. The minimum absolute atomic E-state index is 0.0917. The van der Waals surface area contributed by atoms with E-state index in [1.165, 1.54) is 12.8 Å². The van der Waals surface area contributed by atoms with Crippen LogP contribution in [0.2, 0.25) is 0 Å². The Morgan fingerprint density at radius 2 is 2.17 bits per heavy atom. The molecule has 122 valence electrons. The number of nitrogens with one attached hydrogen (secondary N) is 1. The number of carbonyl (C=O) groups is 1. The molecule has 23 heavy (non-hydrogen) atoms. The smallest absolute Gasteiger partial charge is 0.225 e. The van der Waals surface area contributed by atoms with Crippen LogP contribution in [0.3, 0.4) is 0 Å². The lowest BCUT2D eigenvalue weighted by Gasteiger charge is -2.10. The van der Waals surface area contributed by atoms with Gasteiger partial charge < -0.3 is 5.32 Å². The molecule has 1 aliphatic rings. The molecule has 1 saturated carbocycles. The Balaban J connectivity index is 1.61. The van der Waals surface area contributed by atoms with Crippen molar-refractivity contribution >= 4 is 11.7 Å². The van der Waals surface area contributed by atoms with Gasteiger partial charge in [0.15, 0.2) is 0 Å². The first kappa shape index (κ1) is 15.6. The quantitative estimate of drug-likeness (QED) is 0.886. The van der Waals surface area contributed by atoms with Crippen LogP contribution in [0.25, 0.3) is 0 Å². The van der Waals surface area contributed by atoms with E-state index in [1.54, 1.807) is 6.20 Å². The summed E-state index contributed by atoms with van der Waals surface area (Å²) in [6.07, 6.45) is 4.38. The van der Waals surface area contributed by atoms with Crippen LogP contribution in [0.5, 0.6) is 0 Å². The van der Waals surface area contributed by atoms with E-state index in [9.17, 15) is 13.6 Å². The van der Waals surface area contributed by atoms with Crippen LogP contribution in [0.1, 0.15) is 30.4 Å². The first-order valence-electron chi connectivity index (χ1n) is 7.79. The summed E-state index contributed by atoms with van der Waals surface area (Å²) in [5.41, 5.74) is 1.11. The zero-order valence-corrected chi connectivity index (χ0v) is 13.0. The van der Waals surface area contributed by atoms with Crippen molar-refractivity contribution in [3.8, 4) is 0 Å². The second kappa shape index (κ2) is 6.48. The molecule has 1 heterocycles. The van der Waals surface area contributed by atoms with Crippen LogP contribution in [-0.4, -0.2) is 15.7 Å². The molecule has 1 aliphatic carbocycles. The summed E-state index contributed by atoms with van der Waals surface area (Å²) in [5, 5.41) is 7.13. The maximum absolute atomic E-state index is 13.6. The number of nitrogens with zero attached hydrogens (tertiary/aromatic N) is 2. The predicted octanol–water partition coefficient (Wildman–Crippen LogP) is 3.45. The summed E-state index contributed by atoms with van der Waals surface area (Å²) < 4.78 is 28.5. The van der Waals surface area contributed by atoms with Gasteiger partial charge in [0.05, 0.1) is 6.20 Å². The number of anilines is 1. The molecule has 1 fully saturated rings. The van der Waals surface area contributed by atoms with Crippen molar-refractivity contribution in [3.05, 3.63) is 47.2 Å². The van der Waals surface area contributed by atoms with Crippen LogP contribution < -0.4 is 5.32 Å². The van der Waals surface area contributed by atoms with E-state index >= 15 is 0 Å². The molecule has 1 N–H and O–H groups in total. The number of aryl methyl sites for hydroxylation is 2. The zero-order valence-electron chi connectivity index (χ0n) is 13.0. The van der Waals surface area contributed by atoms with E-state index in [1.807, 2.05) is 11.6 Å². The van der Waals surface area contributed by atoms with E-state index < -0.39 is 11.6 Å². The largest absolute Gasteiger partial charge is 0.311 e. The monoisotopic (exact) mass is 319 g/mol. The average molecular weight is 319 g/mol. The lowest BCUT2D eigenvalue weighted by molar-refractivity contribution is -0.116. The van der Waals surface area contributed by atoms with Crippen LogP contribution >= 0.6 is 0 Å². The minimum atomic E-state index is -0.500. The van der Waals surface area contributed by atoms with Crippen molar-refractivity contribution in [1.29, 1.82) is 0 Å². The molecule has 1 aromatic heterocycles. The SMILES string of the molecule is Cc1cnn(CC2CC2)c1NC(=O)CCc1cc(F)ccc1F. The van der Waals surface area contributed by atoms with Gasteiger partial charge in [0, 0.05) is 18.5 Å². The molecule has 4 nitrogen and oxygen atoms in total. The number of halogens is 2. The summed E-state index contributed by atoms with van der Waals surface area (Å²) in [6.45, 7) is 2.69. The molecule has 0 spiro atoms. The highest BCUT2D eigenvalue weighted by atomic mass is 19.1. The van der Waals surface area contributed by atoms with Gasteiger partial charge in [-0.25, -0.2) is 13.5 Å².